The van der Waals surface area contributed by atoms with Crippen molar-refractivity contribution in [1.82, 2.24) is 9.55 Å². The summed E-state index contributed by atoms with van der Waals surface area (Å²) in [4.78, 5) is 4.51. The molecule has 0 radical (unpaired) electrons. The maximum Gasteiger partial charge on any atom is 0.111 e. The van der Waals surface area contributed by atoms with Crippen LogP contribution in [0, 0.1) is 6.92 Å². The first-order valence-corrected chi connectivity index (χ1v) is 5.98. The molecule has 17 heavy (non-hydrogen) atoms. The van der Waals surface area contributed by atoms with Gasteiger partial charge in [-0.2, -0.15) is 0 Å². The van der Waals surface area contributed by atoms with Crippen LogP contribution in [0.1, 0.15) is 36.5 Å². The second-order valence-corrected chi connectivity index (χ2v) is 4.15. The first-order chi connectivity index (χ1) is 8.27. The van der Waals surface area contributed by atoms with E-state index in [1.807, 2.05) is 13.0 Å². The Morgan fingerprint density at radius 3 is 2.88 bits per heavy atom. The van der Waals surface area contributed by atoms with Gasteiger partial charge in [0.25, 0.3) is 0 Å². The van der Waals surface area contributed by atoms with E-state index in [9.17, 15) is 0 Å². The van der Waals surface area contributed by atoms with Gasteiger partial charge in [-0.25, -0.2) is 4.98 Å². The summed E-state index contributed by atoms with van der Waals surface area (Å²) < 4.78 is 2.18. The zero-order chi connectivity index (χ0) is 12.3. The van der Waals surface area contributed by atoms with Gasteiger partial charge >= 0.3 is 0 Å². The molecular formula is C15H18N2. The van der Waals surface area contributed by atoms with Gasteiger partial charge in [-0.3, -0.25) is 0 Å². The lowest BCUT2D eigenvalue weighted by Gasteiger charge is -2.11. The lowest BCUT2D eigenvalue weighted by molar-refractivity contribution is 0.832. The molecule has 0 atom stereocenters. The molecule has 0 saturated carbocycles. The molecule has 2 nitrogen and oxygen atoms in total. The van der Waals surface area contributed by atoms with Crippen LogP contribution in [0.25, 0.3) is 17.8 Å². The Morgan fingerprint density at radius 1 is 1.35 bits per heavy atom. The highest BCUT2D eigenvalue weighted by molar-refractivity contribution is 5.65. The second-order valence-electron chi connectivity index (χ2n) is 4.15. The quantitative estimate of drug-likeness (QED) is 0.760. The van der Waals surface area contributed by atoms with Crippen molar-refractivity contribution in [2.45, 2.75) is 26.2 Å². The summed E-state index contributed by atoms with van der Waals surface area (Å²) in [5.41, 5.74) is 3.23. The van der Waals surface area contributed by atoms with Crippen molar-refractivity contribution >= 4 is 17.8 Å². The summed E-state index contributed by atoms with van der Waals surface area (Å²) in [6, 6.07) is 0. The first kappa shape index (κ1) is 11.6. The molecule has 0 aliphatic heterocycles. The van der Waals surface area contributed by atoms with E-state index in [1.54, 1.807) is 6.08 Å². The van der Waals surface area contributed by atoms with Crippen LogP contribution < -0.4 is 0 Å². The number of allylic oxidation sites excluding steroid dienone is 4. The fourth-order valence-electron chi connectivity index (χ4n) is 2.23. The number of hydrogen-bond donors (Lipinski definition) is 0. The van der Waals surface area contributed by atoms with Crippen LogP contribution in [0.2, 0.25) is 0 Å². The molecule has 0 unspecified atom stereocenters. The van der Waals surface area contributed by atoms with E-state index in [0.717, 1.165) is 30.1 Å². The van der Waals surface area contributed by atoms with Crippen LogP contribution in [0.3, 0.4) is 0 Å². The van der Waals surface area contributed by atoms with Crippen LogP contribution in [0.15, 0.2) is 31.4 Å². The minimum absolute atomic E-state index is 0.909. The minimum atomic E-state index is 0.909. The molecule has 1 aliphatic carbocycles. The molecule has 0 saturated heterocycles. The zero-order valence-electron chi connectivity index (χ0n) is 10.3. The number of rotatable bonds is 3. The van der Waals surface area contributed by atoms with Crippen LogP contribution in [0.4, 0.5) is 0 Å². The molecule has 1 aromatic heterocycles. The molecule has 0 aromatic carbocycles. The highest BCUT2D eigenvalue weighted by Crippen LogP contribution is 2.24. The summed E-state index contributed by atoms with van der Waals surface area (Å²) in [5.74, 6) is 0.997. The van der Waals surface area contributed by atoms with Crippen molar-refractivity contribution in [2.75, 3.05) is 0 Å². The summed E-state index contributed by atoms with van der Waals surface area (Å²) in [6.07, 6.45) is 13.5. The van der Waals surface area contributed by atoms with E-state index in [-0.39, 0.29) is 0 Å². The van der Waals surface area contributed by atoms with Crippen molar-refractivity contribution in [3.63, 3.8) is 0 Å². The number of aromatic nitrogens is 2. The number of hydrogen-bond acceptors (Lipinski definition) is 1. The van der Waals surface area contributed by atoms with Crippen molar-refractivity contribution in [2.24, 2.45) is 0 Å². The third kappa shape index (κ3) is 2.16. The lowest BCUT2D eigenvalue weighted by atomic mass is 10.2. The molecule has 0 amide bonds. The van der Waals surface area contributed by atoms with Gasteiger partial charge in [-0.15, -0.1) is 0 Å². The second kappa shape index (κ2) is 5.00. The molecule has 0 fully saturated rings. The summed E-state index contributed by atoms with van der Waals surface area (Å²) >= 11 is 0. The molecule has 2 heteroatoms. The van der Waals surface area contributed by atoms with Gasteiger partial charge in [0.2, 0.25) is 0 Å². The van der Waals surface area contributed by atoms with Gasteiger partial charge in [-0.05, 0) is 44.4 Å². The van der Waals surface area contributed by atoms with Crippen molar-refractivity contribution in [3.8, 4) is 0 Å². The standard InChI is InChI=1S/C15H18N2/c1-4-14-15(5-2)17(12(3)16-14)13-10-8-6-7-9-11-13/h4-6,8,10H,1-2,7,9,11H2,3H3. The third-order valence-electron chi connectivity index (χ3n) is 3.01. The van der Waals surface area contributed by atoms with Crippen LogP contribution >= 0.6 is 0 Å². The SMILES string of the molecule is C=Cc1nc(C)n(C2=CC=CCCC2)c1C=C. The molecule has 1 aliphatic rings. The Kier molecular flexibility index (Phi) is 3.43. The van der Waals surface area contributed by atoms with Crippen molar-refractivity contribution in [3.05, 3.63) is 48.6 Å². The van der Waals surface area contributed by atoms with E-state index in [4.69, 9.17) is 0 Å². The Bertz CT molecular complexity index is 501. The van der Waals surface area contributed by atoms with Gasteiger partial charge in [0.05, 0.1) is 11.4 Å². The van der Waals surface area contributed by atoms with Crippen LogP contribution in [0.5, 0.6) is 0 Å². The smallest absolute Gasteiger partial charge is 0.111 e. The zero-order valence-corrected chi connectivity index (χ0v) is 10.3. The Labute approximate surface area is 103 Å². The Hall–Kier alpha value is -1.83. The highest BCUT2D eigenvalue weighted by Gasteiger charge is 2.13. The molecule has 0 bridgehead atoms. The van der Waals surface area contributed by atoms with E-state index in [2.05, 4.69) is 40.9 Å². The minimum Gasteiger partial charge on any atom is -0.300 e. The highest BCUT2D eigenvalue weighted by atomic mass is 15.1. The van der Waals surface area contributed by atoms with Gasteiger partial charge in [-0.1, -0.05) is 25.3 Å². The monoisotopic (exact) mass is 226 g/mol. The van der Waals surface area contributed by atoms with Gasteiger partial charge in [0, 0.05) is 5.70 Å². The maximum atomic E-state index is 4.51. The van der Waals surface area contributed by atoms with E-state index < -0.39 is 0 Å². The topological polar surface area (TPSA) is 17.8 Å². The average Bonchev–Trinajstić information content (AvgIpc) is 2.54. The van der Waals surface area contributed by atoms with Crippen LogP contribution in [-0.4, -0.2) is 9.55 Å². The first-order valence-electron chi connectivity index (χ1n) is 5.98. The Morgan fingerprint density at radius 2 is 2.18 bits per heavy atom. The van der Waals surface area contributed by atoms with Crippen LogP contribution in [-0.2, 0) is 0 Å². The van der Waals surface area contributed by atoms with Crippen molar-refractivity contribution < 1.29 is 0 Å². The predicted molar refractivity (Wildman–Crippen MR) is 74.4 cm³/mol. The summed E-state index contributed by atoms with van der Waals surface area (Å²) in [7, 11) is 0. The third-order valence-corrected chi connectivity index (χ3v) is 3.01. The van der Waals surface area contributed by atoms with Gasteiger partial charge in [0.1, 0.15) is 5.82 Å². The van der Waals surface area contributed by atoms with Gasteiger partial charge in [0.15, 0.2) is 0 Å². The predicted octanol–water partition coefficient (Wildman–Crippen LogP) is 4.06. The fraction of sp³-hybridized carbons (Fsp3) is 0.267. The number of nitrogens with zero attached hydrogens (tertiary/aromatic N) is 2. The molecule has 88 valence electrons. The summed E-state index contributed by atoms with van der Waals surface area (Å²) in [6.45, 7) is 9.70. The largest absolute Gasteiger partial charge is 0.300 e. The van der Waals surface area contributed by atoms with E-state index in [1.165, 1.54) is 12.1 Å². The molecule has 2 rings (SSSR count). The maximum absolute atomic E-state index is 4.51. The van der Waals surface area contributed by atoms with Crippen molar-refractivity contribution in [1.29, 1.82) is 0 Å². The average molecular weight is 226 g/mol. The molecule has 1 aromatic rings. The number of imidazole rings is 1. The molecular weight excluding hydrogens is 208 g/mol. The number of aryl methyl sites for hydroxylation is 1. The van der Waals surface area contributed by atoms with E-state index >= 15 is 0 Å². The summed E-state index contributed by atoms with van der Waals surface area (Å²) in [5, 5.41) is 0. The fourth-order valence-corrected chi connectivity index (χ4v) is 2.23. The molecule has 1 heterocycles. The Balaban J connectivity index is 2.54. The van der Waals surface area contributed by atoms with E-state index in [0.29, 0.717) is 0 Å². The molecule has 0 spiro atoms. The molecule has 0 N–H and O–H groups in total. The normalized spacial score (nSPS) is 15.2. The van der Waals surface area contributed by atoms with Gasteiger partial charge < -0.3 is 4.57 Å². The lowest BCUT2D eigenvalue weighted by Crippen LogP contribution is -2.01.